The molecule has 0 atom stereocenters. The SMILES string of the molecule is CC1=Nc2ccccc2N2[N]N(c3cccc(Cl)c3)C(O)=C12.O. The summed E-state index contributed by atoms with van der Waals surface area (Å²) in [6.07, 6.45) is 0. The molecule has 0 bridgehead atoms. The van der Waals surface area contributed by atoms with Crippen LogP contribution in [0.1, 0.15) is 6.92 Å². The number of hydrogen-bond donors (Lipinski definition) is 1. The first-order chi connectivity index (χ1) is 10.6. The Morgan fingerprint density at radius 3 is 2.61 bits per heavy atom. The summed E-state index contributed by atoms with van der Waals surface area (Å²) in [6.45, 7) is 1.85. The topological polar surface area (TPSA) is 84.7 Å². The second kappa shape index (κ2) is 5.58. The Morgan fingerprint density at radius 2 is 1.83 bits per heavy atom. The average molecular weight is 330 g/mol. The van der Waals surface area contributed by atoms with Crippen LogP contribution in [0, 0.1) is 0 Å². The van der Waals surface area contributed by atoms with Gasteiger partial charge >= 0.3 is 0 Å². The second-order valence-electron chi connectivity index (χ2n) is 5.05. The van der Waals surface area contributed by atoms with E-state index in [-0.39, 0.29) is 11.4 Å². The molecule has 6 nitrogen and oxygen atoms in total. The maximum atomic E-state index is 10.6. The van der Waals surface area contributed by atoms with Crippen LogP contribution in [0.4, 0.5) is 17.1 Å². The molecule has 0 amide bonds. The largest absolute Gasteiger partial charge is 0.492 e. The minimum absolute atomic E-state index is 0. The molecule has 0 saturated carbocycles. The van der Waals surface area contributed by atoms with Crippen molar-refractivity contribution >= 4 is 34.4 Å². The first-order valence-corrected chi connectivity index (χ1v) is 7.18. The van der Waals surface area contributed by atoms with Crippen molar-refractivity contribution < 1.29 is 10.6 Å². The van der Waals surface area contributed by atoms with Crippen LogP contribution in [0.25, 0.3) is 0 Å². The van der Waals surface area contributed by atoms with Crippen molar-refractivity contribution in [1.82, 2.24) is 5.53 Å². The smallest absolute Gasteiger partial charge is 0.237 e. The predicted octanol–water partition coefficient (Wildman–Crippen LogP) is 3.11. The van der Waals surface area contributed by atoms with Crippen molar-refractivity contribution in [3.8, 4) is 0 Å². The second-order valence-corrected chi connectivity index (χ2v) is 5.49. The van der Waals surface area contributed by atoms with Gasteiger partial charge in [-0.25, -0.2) is 15.0 Å². The van der Waals surface area contributed by atoms with Crippen LogP contribution < -0.4 is 15.6 Å². The number of fused-ring (bicyclic) bond motifs is 3. The number of aliphatic hydroxyl groups excluding tert-OH is 1. The van der Waals surface area contributed by atoms with Crippen molar-refractivity contribution in [1.29, 1.82) is 0 Å². The maximum Gasteiger partial charge on any atom is 0.237 e. The van der Waals surface area contributed by atoms with Crippen LogP contribution in [-0.2, 0) is 0 Å². The third-order valence-corrected chi connectivity index (χ3v) is 3.83. The van der Waals surface area contributed by atoms with Crippen molar-refractivity contribution in [2.75, 3.05) is 10.0 Å². The van der Waals surface area contributed by atoms with Gasteiger partial charge in [0.25, 0.3) is 0 Å². The van der Waals surface area contributed by atoms with Crippen LogP contribution in [0.15, 0.2) is 65.1 Å². The molecule has 0 saturated heterocycles. The van der Waals surface area contributed by atoms with Crippen LogP contribution in [0.2, 0.25) is 5.02 Å². The van der Waals surface area contributed by atoms with Crippen LogP contribution >= 0.6 is 11.6 Å². The van der Waals surface area contributed by atoms with E-state index < -0.39 is 0 Å². The molecule has 3 N–H and O–H groups in total. The van der Waals surface area contributed by atoms with Gasteiger partial charge in [0.1, 0.15) is 5.70 Å². The van der Waals surface area contributed by atoms with E-state index in [0.29, 0.717) is 22.1 Å². The van der Waals surface area contributed by atoms with Gasteiger partial charge in [-0.2, -0.15) is 0 Å². The summed E-state index contributed by atoms with van der Waals surface area (Å²) < 4.78 is 0. The van der Waals surface area contributed by atoms with Gasteiger partial charge in [-0.05, 0) is 42.8 Å². The Morgan fingerprint density at radius 1 is 1.04 bits per heavy atom. The molecule has 2 aliphatic rings. The molecule has 23 heavy (non-hydrogen) atoms. The predicted molar refractivity (Wildman–Crippen MR) is 91.0 cm³/mol. The molecule has 4 rings (SSSR count). The van der Waals surface area contributed by atoms with Crippen molar-refractivity contribution in [2.24, 2.45) is 4.99 Å². The molecular weight excluding hydrogens is 316 g/mol. The van der Waals surface area contributed by atoms with E-state index in [0.717, 1.165) is 11.4 Å². The van der Waals surface area contributed by atoms with E-state index in [2.05, 4.69) is 10.5 Å². The molecule has 1 radical (unpaired) electrons. The highest BCUT2D eigenvalue weighted by molar-refractivity contribution is 6.30. The number of halogens is 1. The number of para-hydroxylation sites is 2. The van der Waals surface area contributed by atoms with Crippen molar-refractivity contribution in [3.63, 3.8) is 0 Å². The van der Waals surface area contributed by atoms with Gasteiger partial charge < -0.3 is 10.6 Å². The van der Waals surface area contributed by atoms with Crippen molar-refractivity contribution in [2.45, 2.75) is 6.92 Å². The van der Waals surface area contributed by atoms with E-state index in [9.17, 15) is 5.11 Å². The number of benzene rings is 2. The van der Waals surface area contributed by atoms with Crippen LogP contribution in [0.3, 0.4) is 0 Å². The fourth-order valence-corrected chi connectivity index (χ4v) is 2.79. The Labute approximate surface area is 138 Å². The molecule has 2 heterocycles. The summed E-state index contributed by atoms with van der Waals surface area (Å²) in [4.78, 5) is 4.53. The number of nitrogens with zero attached hydrogens (tertiary/aromatic N) is 4. The highest BCUT2D eigenvalue weighted by atomic mass is 35.5. The lowest BCUT2D eigenvalue weighted by Crippen LogP contribution is -2.36. The maximum absolute atomic E-state index is 10.6. The van der Waals surface area contributed by atoms with E-state index in [4.69, 9.17) is 11.6 Å². The molecule has 2 aliphatic heterocycles. The third kappa shape index (κ3) is 2.33. The number of allylic oxidation sites excluding steroid dienone is 1. The Hall–Kier alpha value is -2.54. The first-order valence-electron chi connectivity index (χ1n) is 6.80. The standard InChI is InChI=1S/C16H12ClN4O.H2O/c1-10-15-16(22)20(12-6-4-5-11(17)9-12)19-21(15)14-8-3-2-7-13(14)18-10;/h2-9,22H,1H3;1H2. The summed E-state index contributed by atoms with van der Waals surface area (Å²) in [5, 5.41) is 14.3. The lowest BCUT2D eigenvalue weighted by Gasteiger charge is -2.25. The lowest BCUT2D eigenvalue weighted by molar-refractivity contribution is 0.387. The number of hydrogen-bond acceptors (Lipinski definition) is 4. The normalized spacial score (nSPS) is 15.8. The van der Waals surface area contributed by atoms with E-state index in [1.165, 1.54) is 5.01 Å². The number of aliphatic imine (C=N–C) groups is 1. The van der Waals surface area contributed by atoms with E-state index >= 15 is 0 Å². The van der Waals surface area contributed by atoms with Gasteiger partial charge in [0, 0.05) is 5.02 Å². The molecule has 0 fully saturated rings. The summed E-state index contributed by atoms with van der Waals surface area (Å²) in [7, 11) is 0. The molecule has 0 unspecified atom stereocenters. The average Bonchev–Trinajstić information content (AvgIpc) is 2.86. The molecule has 0 aliphatic carbocycles. The fraction of sp³-hybridized carbons (Fsp3) is 0.0625. The summed E-state index contributed by atoms with van der Waals surface area (Å²) >= 11 is 6.03. The third-order valence-electron chi connectivity index (χ3n) is 3.60. The van der Waals surface area contributed by atoms with Crippen LogP contribution in [0.5, 0.6) is 0 Å². The van der Waals surface area contributed by atoms with Gasteiger partial charge in [-0.15, -0.1) is 0 Å². The molecule has 0 spiro atoms. The molecule has 2 aromatic carbocycles. The Bertz CT molecular complexity index is 834. The zero-order valence-electron chi connectivity index (χ0n) is 12.2. The van der Waals surface area contributed by atoms with Gasteiger partial charge in [-0.1, -0.05) is 29.8 Å². The quantitative estimate of drug-likeness (QED) is 0.872. The zero-order valence-corrected chi connectivity index (χ0v) is 13.0. The van der Waals surface area contributed by atoms with Gasteiger partial charge in [-0.3, -0.25) is 0 Å². The molecule has 117 valence electrons. The summed E-state index contributed by atoms with van der Waals surface area (Å²) in [6, 6.07) is 14.9. The Kier molecular flexibility index (Phi) is 3.73. The first kappa shape index (κ1) is 15.4. The number of aliphatic hydroxyl groups is 1. The van der Waals surface area contributed by atoms with Gasteiger partial charge in [0.05, 0.1) is 22.8 Å². The monoisotopic (exact) mass is 329 g/mol. The molecule has 0 aromatic heterocycles. The highest BCUT2D eigenvalue weighted by Crippen LogP contribution is 2.40. The highest BCUT2D eigenvalue weighted by Gasteiger charge is 2.37. The summed E-state index contributed by atoms with van der Waals surface area (Å²) in [5.41, 5.74) is 8.14. The van der Waals surface area contributed by atoms with Crippen molar-refractivity contribution in [3.05, 3.63) is 65.1 Å². The van der Waals surface area contributed by atoms with E-state index in [1.54, 1.807) is 17.1 Å². The van der Waals surface area contributed by atoms with Gasteiger partial charge in [0.2, 0.25) is 5.88 Å². The molecule has 2 aromatic rings. The molecule has 7 heteroatoms. The van der Waals surface area contributed by atoms with E-state index in [1.807, 2.05) is 43.3 Å². The number of anilines is 2. The van der Waals surface area contributed by atoms with Crippen LogP contribution in [-0.4, -0.2) is 16.3 Å². The number of rotatable bonds is 1. The molecular formula is C16H14ClN4O2. The van der Waals surface area contributed by atoms with Gasteiger partial charge in [0.15, 0.2) is 0 Å². The Balaban J connectivity index is 0.00000156. The summed E-state index contributed by atoms with van der Waals surface area (Å²) in [5.74, 6) is 0.0398. The minimum atomic E-state index is 0. The fourth-order valence-electron chi connectivity index (χ4n) is 2.61. The minimum Gasteiger partial charge on any atom is -0.492 e. The lowest BCUT2D eigenvalue weighted by atomic mass is 10.1. The zero-order chi connectivity index (χ0) is 15.3.